The van der Waals surface area contributed by atoms with Gasteiger partial charge in [0.1, 0.15) is 5.82 Å². The highest BCUT2D eigenvalue weighted by Crippen LogP contribution is 2.38. The van der Waals surface area contributed by atoms with E-state index in [4.69, 9.17) is 5.73 Å². The second-order valence-electron chi connectivity index (χ2n) is 5.40. The number of benzene rings is 1. The van der Waals surface area contributed by atoms with Crippen molar-refractivity contribution in [3.05, 3.63) is 56.4 Å². The molecule has 0 bridgehead atoms. The molecule has 0 amide bonds. The quantitative estimate of drug-likeness (QED) is 0.822. The molecule has 0 saturated heterocycles. The molecule has 0 radical (unpaired) electrons. The van der Waals surface area contributed by atoms with Crippen molar-refractivity contribution in [3.63, 3.8) is 0 Å². The van der Waals surface area contributed by atoms with Gasteiger partial charge in [0.25, 0.3) is 0 Å². The summed E-state index contributed by atoms with van der Waals surface area (Å²) in [5.74, 6) is -0.210. The molecule has 2 nitrogen and oxygen atoms in total. The molecule has 1 aromatic heterocycles. The first-order chi connectivity index (χ1) is 10.2. The van der Waals surface area contributed by atoms with Crippen LogP contribution in [0, 0.1) is 5.82 Å². The Hall–Kier alpha value is -0.750. The third kappa shape index (κ3) is 3.54. The molecular formula is C16H18BrFN2S. The van der Waals surface area contributed by atoms with Gasteiger partial charge in [-0.2, -0.15) is 0 Å². The van der Waals surface area contributed by atoms with Crippen molar-refractivity contribution in [2.45, 2.75) is 31.5 Å². The number of thiophene rings is 1. The van der Waals surface area contributed by atoms with Crippen LogP contribution in [-0.4, -0.2) is 17.5 Å². The summed E-state index contributed by atoms with van der Waals surface area (Å²) in [5.41, 5.74) is 6.98. The molecule has 21 heavy (non-hydrogen) atoms. The van der Waals surface area contributed by atoms with E-state index in [1.54, 1.807) is 23.5 Å². The molecule has 1 unspecified atom stereocenters. The maximum Gasteiger partial charge on any atom is 0.123 e. The second kappa shape index (κ2) is 6.57. The molecule has 1 heterocycles. The molecule has 1 fully saturated rings. The smallest absolute Gasteiger partial charge is 0.123 e. The fourth-order valence-corrected chi connectivity index (χ4v) is 3.92. The van der Waals surface area contributed by atoms with Crippen LogP contribution in [0.4, 0.5) is 4.39 Å². The highest BCUT2D eigenvalue weighted by atomic mass is 79.9. The summed E-state index contributed by atoms with van der Waals surface area (Å²) in [5, 5.41) is 2.09. The maximum atomic E-state index is 13.6. The fourth-order valence-electron chi connectivity index (χ4n) is 2.69. The molecule has 0 aliphatic heterocycles. The van der Waals surface area contributed by atoms with Crippen LogP contribution in [0.15, 0.2) is 40.2 Å². The van der Waals surface area contributed by atoms with Gasteiger partial charge < -0.3 is 5.73 Å². The van der Waals surface area contributed by atoms with Crippen molar-refractivity contribution < 1.29 is 4.39 Å². The molecule has 2 aromatic rings. The van der Waals surface area contributed by atoms with Crippen molar-refractivity contribution in [1.29, 1.82) is 0 Å². The average molecular weight is 369 g/mol. The largest absolute Gasteiger partial charge is 0.329 e. The van der Waals surface area contributed by atoms with Crippen LogP contribution < -0.4 is 5.73 Å². The van der Waals surface area contributed by atoms with E-state index in [-0.39, 0.29) is 11.9 Å². The molecule has 112 valence electrons. The lowest BCUT2D eigenvalue weighted by Gasteiger charge is -2.31. The van der Waals surface area contributed by atoms with Gasteiger partial charge in [-0.05, 0) is 48.1 Å². The minimum atomic E-state index is -0.210. The maximum absolute atomic E-state index is 13.6. The zero-order chi connectivity index (χ0) is 14.8. The highest BCUT2D eigenvalue weighted by Gasteiger charge is 2.35. The van der Waals surface area contributed by atoms with Gasteiger partial charge >= 0.3 is 0 Å². The van der Waals surface area contributed by atoms with Crippen molar-refractivity contribution in [1.82, 2.24) is 4.90 Å². The van der Waals surface area contributed by atoms with E-state index < -0.39 is 0 Å². The van der Waals surface area contributed by atoms with Gasteiger partial charge in [-0.15, -0.1) is 11.3 Å². The Balaban J connectivity index is 1.89. The Morgan fingerprint density at radius 3 is 2.81 bits per heavy atom. The number of nitrogens with two attached hydrogens (primary N) is 1. The van der Waals surface area contributed by atoms with Gasteiger partial charge in [0.2, 0.25) is 0 Å². The third-order valence-corrected chi connectivity index (χ3v) is 5.46. The first-order valence-electron chi connectivity index (χ1n) is 7.12. The van der Waals surface area contributed by atoms with Gasteiger partial charge in [0, 0.05) is 34.5 Å². The molecule has 1 aliphatic rings. The molecule has 3 rings (SSSR count). The zero-order valence-electron chi connectivity index (χ0n) is 11.6. The van der Waals surface area contributed by atoms with Crippen LogP contribution in [0.2, 0.25) is 0 Å². The van der Waals surface area contributed by atoms with Gasteiger partial charge in [0.15, 0.2) is 0 Å². The molecule has 0 spiro atoms. The van der Waals surface area contributed by atoms with Gasteiger partial charge in [-0.1, -0.05) is 22.0 Å². The van der Waals surface area contributed by atoms with Crippen LogP contribution in [-0.2, 0) is 6.54 Å². The average Bonchev–Trinajstić information content (AvgIpc) is 3.19. The van der Waals surface area contributed by atoms with Crippen LogP contribution in [0.3, 0.4) is 0 Å². The van der Waals surface area contributed by atoms with E-state index >= 15 is 0 Å². The van der Waals surface area contributed by atoms with E-state index in [2.05, 4.69) is 38.3 Å². The Bertz CT molecular complexity index is 598. The van der Waals surface area contributed by atoms with E-state index in [0.717, 1.165) is 16.6 Å². The van der Waals surface area contributed by atoms with Crippen molar-refractivity contribution in [2.24, 2.45) is 5.73 Å². The Morgan fingerprint density at radius 2 is 2.19 bits per heavy atom. The molecule has 1 aromatic carbocycles. The summed E-state index contributed by atoms with van der Waals surface area (Å²) in [6, 6.07) is 9.67. The van der Waals surface area contributed by atoms with Crippen LogP contribution in [0.5, 0.6) is 0 Å². The second-order valence-corrected chi connectivity index (χ2v) is 7.29. The Labute approximate surface area is 136 Å². The lowest BCUT2D eigenvalue weighted by atomic mass is 10.0. The minimum absolute atomic E-state index is 0.0460. The lowest BCUT2D eigenvalue weighted by Crippen LogP contribution is -2.35. The van der Waals surface area contributed by atoms with Gasteiger partial charge in [-0.25, -0.2) is 4.39 Å². The standard InChI is InChI=1S/C16H18BrFN2S/c17-15-6-3-11(18)8-14(15)16(9-19)20(12-4-5-12)10-13-2-1-7-21-13/h1-3,6-8,12,16H,4-5,9-10,19H2. The van der Waals surface area contributed by atoms with Gasteiger partial charge in [0.05, 0.1) is 0 Å². The lowest BCUT2D eigenvalue weighted by molar-refractivity contribution is 0.183. The fraction of sp³-hybridized carbons (Fsp3) is 0.375. The summed E-state index contributed by atoms with van der Waals surface area (Å²) in [4.78, 5) is 3.75. The van der Waals surface area contributed by atoms with Crippen LogP contribution in [0.25, 0.3) is 0 Å². The SMILES string of the molecule is NCC(c1cc(F)ccc1Br)N(Cc1cccs1)C1CC1. The minimum Gasteiger partial charge on any atom is -0.329 e. The highest BCUT2D eigenvalue weighted by molar-refractivity contribution is 9.10. The van der Waals surface area contributed by atoms with Crippen molar-refractivity contribution >= 4 is 27.3 Å². The molecule has 2 N–H and O–H groups in total. The number of halogens is 2. The number of hydrogen-bond acceptors (Lipinski definition) is 3. The summed E-state index contributed by atoms with van der Waals surface area (Å²) >= 11 is 5.30. The summed E-state index contributed by atoms with van der Waals surface area (Å²) in [6.45, 7) is 1.37. The van der Waals surface area contributed by atoms with Crippen LogP contribution in [0.1, 0.15) is 29.3 Å². The van der Waals surface area contributed by atoms with Crippen molar-refractivity contribution in [3.8, 4) is 0 Å². The molecule has 5 heteroatoms. The predicted octanol–water partition coefficient (Wildman–Crippen LogP) is 4.31. The molecular weight excluding hydrogens is 351 g/mol. The first kappa shape index (κ1) is 15.2. The summed E-state index contributed by atoms with van der Waals surface area (Å²) in [7, 11) is 0. The number of hydrogen-bond donors (Lipinski definition) is 1. The monoisotopic (exact) mass is 368 g/mol. The molecule has 1 saturated carbocycles. The first-order valence-corrected chi connectivity index (χ1v) is 8.79. The van der Waals surface area contributed by atoms with Crippen molar-refractivity contribution in [2.75, 3.05) is 6.54 Å². The van der Waals surface area contributed by atoms with E-state index in [0.29, 0.717) is 12.6 Å². The van der Waals surface area contributed by atoms with Crippen LogP contribution >= 0.6 is 27.3 Å². The van der Waals surface area contributed by atoms with E-state index in [1.165, 1.54) is 23.8 Å². The third-order valence-electron chi connectivity index (χ3n) is 3.88. The van der Waals surface area contributed by atoms with Gasteiger partial charge in [-0.3, -0.25) is 4.90 Å². The van der Waals surface area contributed by atoms with E-state index in [1.807, 2.05) is 0 Å². The normalized spacial score (nSPS) is 16.4. The summed E-state index contributed by atoms with van der Waals surface area (Å²) < 4.78 is 14.6. The zero-order valence-corrected chi connectivity index (χ0v) is 14.0. The Morgan fingerprint density at radius 1 is 1.38 bits per heavy atom. The number of rotatable bonds is 6. The molecule has 1 aliphatic carbocycles. The molecule has 1 atom stereocenters. The summed E-state index contributed by atoms with van der Waals surface area (Å²) in [6.07, 6.45) is 2.41. The number of nitrogens with zero attached hydrogens (tertiary/aromatic N) is 1. The Kier molecular flexibility index (Phi) is 4.74. The topological polar surface area (TPSA) is 29.3 Å². The predicted molar refractivity (Wildman–Crippen MR) is 88.8 cm³/mol. The van der Waals surface area contributed by atoms with E-state index in [9.17, 15) is 4.39 Å².